The number of aromatic nitrogens is 5. The molecule has 0 bridgehead atoms. The van der Waals surface area contributed by atoms with Gasteiger partial charge in [0.1, 0.15) is 0 Å². The summed E-state index contributed by atoms with van der Waals surface area (Å²) < 4.78 is 0. The fourth-order valence-electron chi connectivity index (χ4n) is 8.02. The molecule has 0 atom stereocenters. The van der Waals surface area contributed by atoms with Gasteiger partial charge in [0.25, 0.3) is 0 Å². The van der Waals surface area contributed by atoms with Crippen LogP contribution in [0.15, 0.2) is 212 Å². The molecule has 0 aliphatic carbocycles. The first-order chi connectivity index (χ1) is 29.7. The summed E-state index contributed by atoms with van der Waals surface area (Å²) in [5, 5.41) is 4.51. The fourth-order valence-corrected chi connectivity index (χ4v) is 8.02. The number of pyridine rings is 2. The number of hydrogen-bond donors (Lipinski definition) is 0. The maximum absolute atomic E-state index is 5.44. The highest BCUT2D eigenvalue weighted by atomic mass is 15.0. The van der Waals surface area contributed by atoms with Crippen LogP contribution in [0.4, 0.5) is 0 Å². The van der Waals surface area contributed by atoms with E-state index < -0.39 is 0 Å². The number of hydrogen-bond acceptors (Lipinski definition) is 5. The van der Waals surface area contributed by atoms with Crippen molar-refractivity contribution >= 4 is 32.6 Å². The minimum atomic E-state index is 0.617. The Labute approximate surface area is 347 Å². The largest absolute Gasteiger partial charge is 0.245 e. The second-order valence-corrected chi connectivity index (χ2v) is 14.9. The molecule has 0 N–H and O–H groups in total. The fraction of sp³-hybridized carbons (Fsp3) is 0. The highest BCUT2D eigenvalue weighted by molar-refractivity contribution is 6.10. The van der Waals surface area contributed by atoms with Crippen molar-refractivity contribution in [1.82, 2.24) is 24.9 Å². The second-order valence-electron chi connectivity index (χ2n) is 14.9. The zero-order valence-corrected chi connectivity index (χ0v) is 32.4. The Hall–Kier alpha value is -8.15. The smallest absolute Gasteiger partial charge is 0.164 e. The molecule has 0 saturated carbocycles. The van der Waals surface area contributed by atoms with Crippen LogP contribution < -0.4 is 0 Å². The zero-order chi connectivity index (χ0) is 39.8. The van der Waals surface area contributed by atoms with Crippen LogP contribution in [-0.4, -0.2) is 24.9 Å². The van der Waals surface area contributed by atoms with Crippen molar-refractivity contribution in [3.8, 4) is 78.9 Å². The molecule has 0 fully saturated rings. The van der Waals surface area contributed by atoms with Crippen molar-refractivity contribution in [3.05, 3.63) is 212 Å². The van der Waals surface area contributed by atoms with Crippen LogP contribution in [0.3, 0.4) is 0 Å². The summed E-state index contributed by atoms with van der Waals surface area (Å²) in [5.41, 5.74) is 12.8. The van der Waals surface area contributed by atoms with Crippen molar-refractivity contribution in [1.29, 1.82) is 0 Å². The van der Waals surface area contributed by atoms with Gasteiger partial charge in [0.15, 0.2) is 17.5 Å². The first-order valence-corrected chi connectivity index (χ1v) is 20.1. The number of rotatable bonds is 7. The van der Waals surface area contributed by atoms with E-state index in [1.165, 1.54) is 10.8 Å². The van der Waals surface area contributed by atoms with Crippen LogP contribution in [0.5, 0.6) is 0 Å². The summed E-state index contributed by atoms with van der Waals surface area (Å²) >= 11 is 0. The predicted octanol–water partition coefficient (Wildman–Crippen LogP) is 13.8. The molecule has 0 radical (unpaired) electrons. The molecule has 11 rings (SSSR count). The van der Waals surface area contributed by atoms with Crippen molar-refractivity contribution < 1.29 is 0 Å². The van der Waals surface area contributed by atoms with Gasteiger partial charge in [-0.25, -0.2) is 24.9 Å². The van der Waals surface area contributed by atoms with E-state index in [-0.39, 0.29) is 0 Å². The van der Waals surface area contributed by atoms with E-state index in [9.17, 15) is 0 Å². The maximum atomic E-state index is 5.44. The number of benzene rings is 8. The minimum absolute atomic E-state index is 0.617. The highest BCUT2D eigenvalue weighted by Gasteiger charge is 2.17. The van der Waals surface area contributed by atoms with Gasteiger partial charge in [-0.2, -0.15) is 0 Å². The highest BCUT2D eigenvalue weighted by Crippen LogP contribution is 2.38. The van der Waals surface area contributed by atoms with Gasteiger partial charge in [-0.3, -0.25) is 0 Å². The lowest BCUT2D eigenvalue weighted by Gasteiger charge is -2.14. The zero-order valence-electron chi connectivity index (χ0n) is 32.4. The summed E-state index contributed by atoms with van der Waals surface area (Å²) in [7, 11) is 0. The predicted molar refractivity (Wildman–Crippen MR) is 246 cm³/mol. The van der Waals surface area contributed by atoms with Gasteiger partial charge in [-0.1, -0.05) is 182 Å². The average Bonchev–Trinajstić information content (AvgIpc) is 3.34. The number of nitrogens with zero attached hydrogens (tertiary/aromatic N) is 5. The maximum Gasteiger partial charge on any atom is 0.164 e. The molecule has 3 aromatic heterocycles. The molecule has 3 heterocycles. The standard InChI is InChI=1S/C55H35N5/c1-4-15-37(16-5-1)49-31-29-38-28-30-47-48(44-27-26-36-14-10-11-21-41(36)32-44)35-50(57-52(47)51(38)56-49)45-24-12-22-42(33-45)43-23-13-25-46(34-43)55-59-53(39-17-6-2-7-18-39)58-54(60-55)40-19-8-3-9-20-40/h1-35H. The van der Waals surface area contributed by atoms with Gasteiger partial charge in [-0.15, -0.1) is 0 Å². The third-order valence-corrected chi connectivity index (χ3v) is 11.1. The van der Waals surface area contributed by atoms with Crippen molar-refractivity contribution in [2.45, 2.75) is 0 Å². The normalized spacial score (nSPS) is 11.3. The summed E-state index contributed by atoms with van der Waals surface area (Å²) in [4.78, 5) is 25.6. The molecule has 0 spiro atoms. The minimum Gasteiger partial charge on any atom is -0.245 e. The van der Waals surface area contributed by atoms with Crippen LogP contribution in [0.2, 0.25) is 0 Å². The molecule has 0 saturated heterocycles. The molecule has 60 heavy (non-hydrogen) atoms. The summed E-state index contributed by atoms with van der Waals surface area (Å²) in [6.45, 7) is 0. The van der Waals surface area contributed by atoms with E-state index in [0.29, 0.717) is 17.5 Å². The molecule has 0 aliphatic heterocycles. The molecular weight excluding hydrogens is 731 g/mol. The van der Waals surface area contributed by atoms with Gasteiger partial charge in [0.2, 0.25) is 0 Å². The van der Waals surface area contributed by atoms with Crippen LogP contribution >= 0.6 is 0 Å². The Bertz CT molecular complexity index is 3310. The topological polar surface area (TPSA) is 64.5 Å². The van der Waals surface area contributed by atoms with Crippen LogP contribution in [0.1, 0.15) is 0 Å². The summed E-state index contributed by atoms with van der Waals surface area (Å²) in [6, 6.07) is 73.6. The molecule has 280 valence electrons. The van der Waals surface area contributed by atoms with Crippen LogP contribution in [0, 0.1) is 0 Å². The van der Waals surface area contributed by atoms with E-state index in [0.717, 1.165) is 83.3 Å². The third kappa shape index (κ3) is 6.64. The first-order valence-electron chi connectivity index (χ1n) is 20.1. The quantitative estimate of drug-likeness (QED) is 0.151. The molecule has 8 aromatic carbocycles. The first kappa shape index (κ1) is 35.0. The monoisotopic (exact) mass is 765 g/mol. The van der Waals surface area contributed by atoms with E-state index >= 15 is 0 Å². The summed E-state index contributed by atoms with van der Waals surface area (Å²) in [5.74, 6) is 1.88. The molecule has 5 heteroatoms. The lowest BCUT2D eigenvalue weighted by atomic mass is 9.94. The van der Waals surface area contributed by atoms with Gasteiger partial charge >= 0.3 is 0 Å². The third-order valence-electron chi connectivity index (χ3n) is 11.1. The Kier molecular flexibility index (Phi) is 8.75. The Morgan fingerprint density at radius 1 is 0.233 bits per heavy atom. The average molecular weight is 766 g/mol. The lowest BCUT2D eigenvalue weighted by Crippen LogP contribution is -2.00. The Balaban J connectivity index is 1.06. The van der Waals surface area contributed by atoms with E-state index in [2.05, 4.69) is 146 Å². The number of fused-ring (bicyclic) bond motifs is 4. The van der Waals surface area contributed by atoms with Crippen molar-refractivity contribution in [3.63, 3.8) is 0 Å². The van der Waals surface area contributed by atoms with Gasteiger partial charge in [0.05, 0.1) is 22.4 Å². The Morgan fingerprint density at radius 2 is 0.733 bits per heavy atom. The molecular formula is C55H35N5. The molecule has 5 nitrogen and oxygen atoms in total. The van der Waals surface area contributed by atoms with E-state index in [4.69, 9.17) is 24.9 Å². The SMILES string of the molecule is c1ccc(-c2ccc3ccc4c(-c5ccc6ccccc6c5)cc(-c5cccc(-c6cccc(-c7nc(-c8ccccc8)nc(-c8ccccc8)n7)c6)c5)nc4c3n2)cc1. The van der Waals surface area contributed by atoms with Crippen molar-refractivity contribution in [2.75, 3.05) is 0 Å². The molecule has 0 amide bonds. The van der Waals surface area contributed by atoms with Gasteiger partial charge < -0.3 is 0 Å². The summed E-state index contributed by atoms with van der Waals surface area (Å²) in [6.07, 6.45) is 0. The Morgan fingerprint density at radius 3 is 1.42 bits per heavy atom. The lowest BCUT2D eigenvalue weighted by molar-refractivity contribution is 1.07. The second kappa shape index (κ2) is 15.0. The van der Waals surface area contributed by atoms with E-state index in [1.54, 1.807) is 0 Å². The van der Waals surface area contributed by atoms with Crippen LogP contribution in [-0.2, 0) is 0 Å². The van der Waals surface area contributed by atoms with Crippen molar-refractivity contribution in [2.24, 2.45) is 0 Å². The van der Waals surface area contributed by atoms with E-state index in [1.807, 2.05) is 66.7 Å². The molecule has 0 unspecified atom stereocenters. The molecule has 0 aliphatic rings. The van der Waals surface area contributed by atoms with Gasteiger partial charge in [-0.05, 0) is 63.4 Å². The van der Waals surface area contributed by atoms with Gasteiger partial charge in [0, 0.05) is 38.6 Å². The van der Waals surface area contributed by atoms with Crippen LogP contribution in [0.25, 0.3) is 112 Å². The molecule has 11 aromatic rings.